The normalized spacial score (nSPS) is 17.1. The van der Waals surface area contributed by atoms with Gasteiger partial charge in [0.25, 0.3) is 0 Å². The summed E-state index contributed by atoms with van der Waals surface area (Å²) < 4.78 is 0. The Balaban J connectivity index is 1.27. The fourth-order valence-corrected chi connectivity index (χ4v) is 5.21. The van der Waals surface area contributed by atoms with Crippen LogP contribution >= 0.6 is 11.3 Å². The third kappa shape index (κ3) is 4.16. The Morgan fingerprint density at radius 2 is 2.07 bits per heavy atom. The lowest BCUT2D eigenvalue weighted by Crippen LogP contribution is -2.31. The molecule has 0 N–H and O–H groups in total. The second-order valence-corrected chi connectivity index (χ2v) is 9.22. The number of rotatable bonds is 4. The van der Waals surface area contributed by atoms with E-state index in [1.807, 2.05) is 17.5 Å². The third-order valence-electron chi connectivity index (χ3n) is 5.74. The van der Waals surface area contributed by atoms with E-state index in [-0.39, 0.29) is 0 Å². The van der Waals surface area contributed by atoms with Gasteiger partial charge >= 0.3 is 0 Å². The summed E-state index contributed by atoms with van der Waals surface area (Å²) >= 11 is 1.90. The van der Waals surface area contributed by atoms with Gasteiger partial charge in [-0.25, -0.2) is 9.97 Å². The maximum absolute atomic E-state index is 4.86. The highest BCUT2D eigenvalue weighted by Gasteiger charge is 2.21. The molecule has 0 spiro atoms. The second-order valence-electron chi connectivity index (χ2n) is 8.05. The quantitative estimate of drug-likeness (QED) is 0.613. The highest BCUT2D eigenvalue weighted by atomic mass is 32.1. The zero-order valence-corrected chi connectivity index (χ0v) is 17.7. The van der Waals surface area contributed by atoms with Crippen molar-refractivity contribution in [3.63, 3.8) is 0 Å². The van der Waals surface area contributed by atoms with Crippen LogP contribution in [0.25, 0.3) is 10.4 Å². The summed E-state index contributed by atoms with van der Waals surface area (Å²) in [6, 6.07) is 13.3. The van der Waals surface area contributed by atoms with E-state index in [0.29, 0.717) is 0 Å². The van der Waals surface area contributed by atoms with Crippen molar-refractivity contribution in [1.29, 1.82) is 0 Å². The summed E-state index contributed by atoms with van der Waals surface area (Å²) in [5.41, 5.74) is 6.21. The minimum atomic E-state index is 0.859. The number of aliphatic imine (C=N–C) groups is 1. The zero-order chi connectivity index (χ0) is 19.6. The van der Waals surface area contributed by atoms with Crippen molar-refractivity contribution in [1.82, 2.24) is 14.9 Å². The molecule has 0 fully saturated rings. The molecule has 5 rings (SSSR count). The molecule has 0 bridgehead atoms. The van der Waals surface area contributed by atoms with E-state index in [1.54, 1.807) is 0 Å². The molecule has 0 saturated heterocycles. The molecule has 0 saturated carbocycles. The first kappa shape index (κ1) is 18.6. The molecular weight excluding hydrogens is 376 g/mol. The average Bonchev–Trinajstić information content (AvgIpc) is 3.22. The van der Waals surface area contributed by atoms with Crippen molar-refractivity contribution < 1.29 is 0 Å². The molecule has 3 aromatic rings. The molecule has 0 atom stereocenters. The van der Waals surface area contributed by atoms with Crippen molar-refractivity contribution in [2.24, 2.45) is 4.99 Å². The standard InChI is InChI=1S/C24H26N4S/c1-17-5-4-6-18(13-17)23-9-8-20(29-23)16-28-12-10-21-19(15-28)14-26-24(27-21)22-7-2-3-11-25-22/h4-6,8-9,13-14H,2-3,7,10-12,15-16H2,1H3. The molecule has 4 nitrogen and oxygen atoms in total. The molecule has 2 aliphatic rings. The smallest absolute Gasteiger partial charge is 0.173 e. The lowest BCUT2D eigenvalue weighted by Gasteiger charge is -2.27. The molecule has 0 aliphatic carbocycles. The minimum absolute atomic E-state index is 0.859. The monoisotopic (exact) mass is 402 g/mol. The lowest BCUT2D eigenvalue weighted by molar-refractivity contribution is 0.245. The largest absolute Gasteiger partial charge is 0.293 e. The predicted octanol–water partition coefficient (Wildman–Crippen LogP) is 5.04. The van der Waals surface area contributed by atoms with Crippen LogP contribution in [0.15, 0.2) is 47.6 Å². The number of aromatic nitrogens is 2. The molecule has 148 valence electrons. The molecule has 1 aromatic carbocycles. The predicted molar refractivity (Wildman–Crippen MR) is 120 cm³/mol. The Morgan fingerprint density at radius 3 is 2.93 bits per heavy atom. The summed E-state index contributed by atoms with van der Waals surface area (Å²) in [6.45, 7) is 6.05. The van der Waals surface area contributed by atoms with Crippen LogP contribution in [-0.4, -0.2) is 33.7 Å². The van der Waals surface area contributed by atoms with Crippen LogP contribution in [0, 0.1) is 6.92 Å². The van der Waals surface area contributed by atoms with Crippen molar-refractivity contribution in [2.75, 3.05) is 13.1 Å². The molecular formula is C24H26N4S. The van der Waals surface area contributed by atoms with Crippen LogP contribution in [0.1, 0.15) is 46.8 Å². The number of hydrogen-bond donors (Lipinski definition) is 0. The minimum Gasteiger partial charge on any atom is -0.293 e. The van der Waals surface area contributed by atoms with E-state index in [9.17, 15) is 0 Å². The van der Waals surface area contributed by atoms with Gasteiger partial charge in [0, 0.05) is 54.1 Å². The molecule has 0 radical (unpaired) electrons. The van der Waals surface area contributed by atoms with E-state index in [0.717, 1.165) is 50.6 Å². The highest BCUT2D eigenvalue weighted by molar-refractivity contribution is 7.15. The van der Waals surface area contributed by atoms with Crippen molar-refractivity contribution in [3.05, 3.63) is 70.1 Å². The van der Waals surface area contributed by atoms with Gasteiger partial charge in [-0.05, 0) is 43.9 Å². The molecule has 5 heteroatoms. The van der Waals surface area contributed by atoms with E-state index in [4.69, 9.17) is 4.98 Å². The fraction of sp³-hybridized carbons (Fsp3) is 0.375. The summed E-state index contributed by atoms with van der Waals surface area (Å²) in [4.78, 5) is 19.4. The van der Waals surface area contributed by atoms with E-state index in [1.165, 1.54) is 45.0 Å². The zero-order valence-electron chi connectivity index (χ0n) is 16.9. The Labute approximate surface area is 176 Å². The van der Waals surface area contributed by atoms with Gasteiger partial charge < -0.3 is 0 Å². The van der Waals surface area contributed by atoms with Gasteiger partial charge in [-0.1, -0.05) is 29.8 Å². The van der Waals surface area contributed by atoms with Crippen LogP contribution in [0.5, 0.6) is 0 Å². The van der Waals surface area contributed by atoms with Gasteiger partial charge in [0.05, 0.1) is 11.4 Å². The number of thiophene rings is 1. The van der Waals surface area contributed by atoms with Gasteiger partial charge in [-0.3, -0.25) is 9.89 Å². The Hall–Kier alpha value is -2.37. The van der Waals surface area contributed by atoms with E-state index in [2.05, 4.69) is 58.2 Å². The maximum atomic E-state index is 4.86. The van der Waals surface area contributed by atoms with Gasteiger partial charge in [-0.15, -0.1) is 11.3 Å². The molecule has 4 heterocycles. The van der Waals surface area contributed by atoms with Crippen LogP contribution in [0.4, 0.5) is 0 Å². The fourth-order valence-electron chi connectivity index (χ4n) is 4.17. The Bertz CT molecular complexity index is 1050. The maximum Gasteiger partial charge on any atom is 0.173 e. The molecule has 2 aromatic heterocycles. The first-order valence-electron chi connectivity index (χ1n) is 10.5. The van der Waals surface area contributed by atoms with Gasteiger partial charge in [0.15, 0.2) is 5.82 Å². The molecule has 2 aliphatic heterocycles. The highest BCUT2D eigenvalue weighted by Crippen LogP contribution is 2.30. The summed E-state index contributed by atoms with van der Waals surface area (Å²) in [7, 11) is 0. The van der Waals surface area contributed by atoms with Gasteiger partial charge in [0.1, 0.15) is 0 Å². The number of hydrogen-bond acceptors (Lipinski definition) is 5. The molecule has 29 heavy (non-hydrogen) atoms. The Kier molecular flexibility index (Phi) is 5.25. The summed E-state index contributed by atoms with van der Waals surface area (Å²) in [5.74, 6) is 0.859. The number of aryl methyl sites for hydroxylation is 1. The number of nitrogens with zero attached hydrogens (tertiary/aromatic N) is 4. The second kappa shape index (κ2) is 8.17. The van der Waals surface area contributed by atoms with Crippen molar-refractivity contribution in [3.8, 4) is 10.4 Å². The third-order valence-corrected chi connectivity index (χ3v) is 6.86. The van der Waals surface area contributed by atoms with Crippen molar-refractivity contribution >= 4 is 17.0 Å². The van der Waals surface area contributed by atoms with Gasteiger partial charge in [0.2, 0.25) is 0 Å². The molecule has 0 unspecified atom stereocenters. The SMILES string of the molecule is Cc1cccc(-c2ccc(CN3CCc4nc(C5=NCCCC5)ncc4C3)s2)c1. The van der Waals surface area contributed by atoms with E-state index >= 15 is 0 Å². The first-order valence-corrected chi connectivity index (χ1v) is 11.3. The van der Waals surface area contributed by atoms with E-state index < -0.39 is 0 Å². The summed E-state index contributed by atoms with van der Waals surface area (Å²) in [6.07, 6.45) is 6.45. The number of fused-ring (bicyclic) bond motifs is 1. The van der Waals surface area contributed by atoms with Crippen LogP contribution in [0.2, 0.25) is 0 Å². The number of benzene rings is 1. The molecule has 0 amide bonds. The van der Waals surface area contributed by atoms with Crippen LogP contribution < -0.4 is 0 Å². The lowest BCUT2D eigenvalue weighted by atomic mass is 10.1. The van der Waals surface area contributed by atoms with Gasteiger partial charge in [-0.2, -0.15) is 0 Å². The van der Waals surface area contributed by atoms with Crippen LogP contribution in [-0.2, 0) is 19.5 Å². The topological polar surface area (TPSA) is 41.4 Å². The van der Waals surface area contributed by atoms with Crippen LogP contribution in [0.3, 0.4) is 0 Å². The summed E-state index contributed by atoms with van der Waals surface area (Å²) in [5, 5.41) is 0. The Morgan fingerprint density at radius 1 is 1.10 bits per heavy atom. The average molecular weight is 403 g/mol. The first-order chi connectivity index (χ1) is 14.2. The van der Waals surface area contributed by atoms with Crippen molar-refractivity contribution in [2.45, 2.75) is 45.7 Å².